The average molecular weight is 323 g/mol. The highest BCUT2D eigenvalue weighted by Crippen LogP contribution is 2.48. The number of likely N-dealkylation sites (N-methyl/N-ethyl adjacent to an activating group) is 1. The van der Waals surface area contributed by atoms with Gasteiger partial charge in [-0.2, -0.15) is 0 Å². The minimum Gasteiger partial charge on any atom is -0.336 e. The van der Waals surface area contributed by atoms with Crippen LogP contribution in [0.4, 0.5) is 5.82 Å². The molecule has 5 heteroatoms. The van der Waals surface area contributed by atoms with Gasteiger partial charge in [0, 0.05) is 18.7 Å². The first kappa shape index (κ1) is 16.2. The summed E-state index contributed by atoms with van der Waals surface area (Å²) < 4.78 is 0. The molecule has 124 valence electrons. The number of aryl methyl sites for hydroxylation is 1. The molecule has 0 unspecified atom stereocenters. The number of nitrogens with zero attached hydrogens (tertiary/aromatic N) is 2. The zero-order valence-corrected chi connectivity index (χ0v) is 13.9. The van der Waals surface area contributed by atoms with Crippen molar-refractivity contribution in [2.75, 3.05) is 18.9 Å². The normalized spacial score (nSPS) is 18.8. The Morgan fingerprint density at radius 3 is 2.62 bits per heavy atom. The number of carbonyl (C=O) groups is 2. The van der Waals surface area contributed by atoms with Gasteiger partial charge in [0.05, 0.1) is 6.54 Å². The maximum atomic E-state index is 12.5. The molecule has 1 aliphatic carbocycles. The standard InChI is InChI=1S/C19H21N3O2/c1-13-7-6-10-17(20-13)21-18(23)12-22(2)19(24)16-11-15(16)14-8-4-3-5-9-14/h3-10,15-16H,11-12H2,1-2H3,(H,20,21,23)/t15-,16+/m0/s1. The van der Waals surface area contributed by atoms with Crippen molar-refractivity contribution >= 4 is 17.6 Å². The fourth-order valence-electron chi connectivity index (χ4n) is 2.91. The molecule has 1 aliphatic rings. The molecule has 2 amide bonds. The molecule has 5 nitrogen and oxygen atoms in total. The predicted molar refractivity (Wildman–Crippen MR) is 92.5 cm³/mol. The third-order valence-electron chi connectivity index (χ3n) is 4.25. The second-order valence-electron chi connectivity index (χ2n) is 6.27. The Morgan fingerprint density at radius 2 is 1.92 bits per heavy atom. The maximum Gasteiger partial charge on any atom is 0.245 e. The molecule has 24 heavy (non-hydrogen) atoms. The summed E-state index contributed by atoms with van der Waals surface area (Å²) in [5, 5.41) is 2.73. The first-order valence-corrected chi connectivity index (χ1v) is 8.08. The molecule has 2 aromatic rings. The number of rotatable bonds is 5. The van der Waals surface area contributed by atoms with Crippen molar-refractivity contribution in [3.8, 4) is 0 Å². The molecule has 2 atom stereocenters. The molecule has 0 bridgehead atoms. The van der Waals surface area contributed by atoms with Crippen molar-refractivity contribution in [3.05, 3.63) is 59.8 Å². The zero-order valence-electron chi connectivity index (χ0n) is 13.9. The lowest BCUT2D eigenvalue weighted by molar-refractivity contribution is -0.134. The van der Waals surface area contributed by atoms with Gasteiger partial charge in [-0.05, 0) is 37.0 Å². The molecule has 0 aliphatic heterocycles. The lowest BCUT2D eigenvalue weighted by atomic mass is 10.1. The number of anilines is 1. The Hall–Kier alpha value is -2.69. The van der Waals surface area contributed by atoms with E-state index < -0.39 is 0 Å². The van der Waals surface area contributed by atoms with E-state index in [1.807, 2.05) is 49.4 Å². The maximum absolute atomic E-state index is 12.5. The summed E-state index contributed by atoms with van der Waals surface area (Å²) in [5.41, 5.74) is 2.03. The average Bonchev–Trinajstić information content (AvgIpc) is 3.35. The molecule has 3 rings (SSSR count). The van der Waals surface area contributed by atoms with Gasteiger partial charge in [-0.15, -0.1) is 0 Å². The largest absolute Gasteiger partial charge is 0.336 e. The van der Waals surface area contributed by atoms with Crippen LogP contribution < -0.4 is 5.32 Å². The Kier molecular flexibility index (Phi) is 4.60. The van der Waals surface area contributed by atoms with E-state index in [1.165, 1.54) is 10.5 Å². The molecular weight excluding hydrogens is 302 g/mol. The van der Waals surface area contributed by atoms with Gasteiger partial charge in [-0.25, -0.2) is 4.98 Å². The van der Waals surface area contributed by atoms with Crippen molar-refractivity contribution < 1.29 is 9.59 Å². The summed E-state index contributed by atoms with van der Waals surface area (Å²) in [4.78, 5) is 30.3. The second-order valence-corrected chi connectivity index (χ2v) is 6.27. The van der Waals surface area contributed by atoms with Crippen LogP contribution in [0.5, 0.6) is 0 Å². The molecule has 1 N–H and O–H groups in total. The highest BCUT2D eigenvalue weighted by atomic mass is 16.2. The summed E-state index contributed by atoms with van der Waals surface area (Å²) in [6.07, 6.45) is 0.855. The van der Waals surface area contributed by atoms with Crippen LogP contribution in [0.2, 0.25) is 0 Å². The molecular formula is C19H21N3O2. The number of nitrogens with one attached hydrogen (secondary N) is 1. The van der Waals surface area contributed by atoms with Gasteiger partial charge in [-0.1, -0.05) is 36.4 Å². The quantitative estimate of drug-likeness (QED) is 0.920. The number of pyridine rings is 1. The van der Waals surface area contributed by atoms with Crippen LogP contribution in [0.1, 0.15) is 23.6 Å². The van der Waals surface area contributed by atoms with Gasteiger partial charge in [0.15, 0.2) is 0 Å². The molecule has 1 aromatic carbocycles. The van der Waals surface area contributed by atoms with E-state index in [9.17, 15) is 9.59 Å². The zero-order chi connectivity index (χ0) is 17.1. The summed E-state index contributed by atoms with van der Waals surface area (Å²) in [6.45, 7) is 1.90. The van der Waals surface area contributed by atoms with Crippen molar-refractivity contribution in [1.82, 2.24) is 9.88 Å². The summed E-state index contributed by atoms with van der Waals surface area (Å²) in [6, 6.07) is 15.5. The molecule has 1 fully saturated rings. The lowest BCUT2D eigenvalue weighted by Gasteiger charge is -2.17. The molecule has 1 aromatic heterocycles. The van der Waals surface area contributed by atoms with E-state index in [1.54, 1.807) is 13.1 Å². The van der Waals surface area contributed by atoms with Gasteiger partial charge >= 0.3 is 0 Å². The number of amides is 2. The van der Waals surface area contributed by atoms with E-state index in [0.717, 1.165) is 12.1 Å². The summed E-state index contributed by atoms with van der Waals surface area (Å²) >= 11 is 0. The van der Waals surface area contributed by atoms with Crippen molar-refractivity contribution in [2.45, 2.75) is 19.3 Å². The molecule has 0 radical (unpaired) electrons. The smallest absolute Gasteiger partial charge is 0.245 e. The first-order chi connectivity index (χ1) is 11.5. The van der Waals surface area contributed by atoms with Gasteiger partial charge in [0.25, 0.3) is 0 Å². The first-order valence-electron chi connectivity index (χ1n) is 8.08. The van der Waals surface area contributed by atoms with Crippen LogP contribution >= 0.6 is 0 Å². The van der Waals surface area contributed by atoms with Gasteiger partial charge < -0.3 is 10.2 Å². The predicted octanol–water partition coefficient (Wildman–Crippen LogP) is 2.59. The Labute approximate surface area is 141 Å². The number of aromatic nitrogens is 1. The summed E-state index contributed by atoms with van der Waals surface area (Å²) in [5.74, 6) is 0.566. The number of hydrogen-bond donors (Lipinski definition) is 1. The van der Waals surface area contributed by atoms with E-state index in [4.69, 9.17) is 0 Å². The van der Waals surface area contributed by atoms with E-state index in [2.05, 4.69) is 10.3 Å². The van der Waals surface area contributed by atoms with Crippen molar-refractivity contribution in [1.29, 1.82) is 0 Å². The summed E-state index contributed by atoms with van der Waals surface area (Å²) in [7, 11) is 1.67. The van der Waals surface area contributed by atoms with Crippen LogP contribution in [-0.2, 0) is 9.59 Å². The van der Waals surface area contributed by atoms with E-state index >= 15 is 0 Å². The monoisotopic (exact) mass is 323 g/mol. The highest BCUT2D eigenvalue weighted by molar-refractivity contribution is 5.94. The van der Waals surface area contributed by atoms with Crippen LogP contribution in [0.15, 0.2) is 48.5 Å². The van der Waals surface area contributed by atoms with Crippen LogP contribution in [-0.4, -0.2) is 35.3 Å². The van der Waals surface area contributed by atoms with Gasteiger partial charge in [0.1, 0.15) is 5.82 Å². The van der Waals surface area contributed by atoms with Crippen molar-refractivity contribution in [2.24, 2.45) is 5.92 Å². The number of benzene rings is 1. The third-order valence-corrected chi connectivity index (χ3v) is 4.25. The molecule has 0 saturated heterocycles. The fourth-order valence-corrected chi connectivity index (χ4v) is 2.91. The molecule has 0 spiro atoms. The number of carbonyl (C=O) groups excluding carboxylic acids is 2. The second kappa shape index (κ2) is 6.83. The van der Waals surface area contributed by atoms with Crippen molar-refractivity contribution in [3.63, 3.8) is 0 Å². The molecule has 1 saturated carbocycles. The SMILES string of the molecule is Cc1cccc(NC(=O)CN(C)C(=O)[C@@H]2C[C@H]2c2ccccc2)n1. The minimum absolute atomic E-state index is 0.0118. The van der Waals surface area contributed by atoms with E-state index in [-0.39, 0.29) is 30.2 Å². The van der Waals surface area contributed by atoms with Crippen LogP contribution in [0, 0.1) is 12.8 Å². The van der Waals surface area contributed by atoms with Gasteiger partial charge in [0.2, 0.25) is 11.8 Å². The molecule has 1 heterocycles. The Morgan fingerprint density at radius 1 is 1.17 bits per heavy atom. The Balaban J connectivity index is 1.52. The fraction of sp³-hybridized carbons (Fsp3) is 0.316. The Bertz CT molecular complexity index is 745. The highest BCUT2D eigenvalue weighted by Gasteiger charge is 2.45. The van der Waals surface area contributed by atoms with Gasteiger partial charge in [-0.3, -0.25) is 9.59 Å². The minimum atomic E-state index is -0.235. The van der Waals surface area contributed by atoms with E-state index in [0.29, 0.717) is 5.82 Å². The van der Waals surface area contributed by atoms with Crippen LogP contribution in [0.25, 0.3) is 0 Å². The third kappa shape index (κ3) is 3.79. The lowest BCUT2D eigenvalue weighted by Crippen LogP contribution is -2.36. The topological polar surface area (TPSA) is 62.3 Å². The van der Waals surface area contributed by atoms with Crippen LogP contribution in [0.3, 0.4) is 0 Å². The number of hydrogen-bond acceptors (Lipinski definition) is 3.